The molecule has 3 aromatic carbocycles. The largest absolute Gasteiger partial charge is 0.494 e. The van der Waals surface area contributed by atoms with Crippen LogP contribution in [0.15, 0.2) is 72.8 Å². The minimum absolute atomic E-state index is 0.141. The lowest BCUT2D eigenvalue weighted by molar-refractivity contribution is 0.102. The maximum Gasteiger partial charge on any atom is 0.255 e. The van der Waals surface area contributed by atoms with E-state index in [1.54, 1.807) is 18.2 Å². The lowest BCUT2D eigenvalue weighted by atomic mass is 10.1. The molecule has 0 bridgehead atoms. The molecular formula is C27H30FN3O2. The van der Waals surface area contributed by atoms with Gasteiger partial charge in [-0.1, -0.05) is 31.2 Å². The second kappa shape index (κ2) is 11.0. The van der Waals surface area contributed by atoms with Gasteiger partial charge in [-0.05, 0) is 55.0 Å². The normalized spacial score (nSPS) is 14.2. The molecule has 0 unspecified atom stereocenters. The van der Waals surface area contributed by atoms with Crippen LogP contribution in [0.1, 0.15) is 29.3 Å². The van der Waals surface area contributed by atoms with Crippen molar-refractivity contribution in [3.63, 3.8) is 0 Å². The van der Waals surface area contributed by atoms with E-state index in [1.165, 1.54) is 6.07 Å². The summed E-state index contributed by atoms with van der Waals surface area (Å²) in [6.45, 7) is 6.83. The summed E-state index contributed by atoms with van der Waals surface area (Å²) in [4.78, 5) is 17.2. The Morgan fingerprint density at radius 1 is 0.970 bits per heavy atom. The van der Waals surface area contributed by atoms with Gasteiger partial charge in [-0.15, -0.1) is 0 Å². The van der Waals surface area contributed by atoms with Gasteiger partial charge in [0.2, 0.25) is 0 Å². The van der Waals surface area contributed by atoms with E-state index in [0.717, 1.165) is 49.5 Å². The second-order valence-electron chi connectivity index (χ2n) is 8.23. The van der Waals surface area contributed by atoms with Crippen LogP contribution in [0.25, 0.3) is 0 Å². The number of ether oxygens (including phenoxy) is 1. The molecule has 0 atom stereocenters. The van der Waals surface area contributed by atoms with E-state index in [0.29, 0.717) is 24.5 Å². The van der Waals surface area contributed by atoms with Gasteiger partial charge in [-0.3, -0.25) is 9.69 Å². The number of anilines is 2. The van der Waals surface area contributed by atoms with Crippen molar-refractivity contribution in [3.8, 4) is 5.75 Å². The number of rotatable bonds is 8. The zero-order valence-corrected chi connectivity index (χ0v) is 19.0. The third-order valence-corrected chi connectivity index (χ3v) is 5.78. The molecule has 1 saturated heterocycles. The van der Waals surface area contributed by atoms with Gasteiger partial charge in [0.25, 0.3) is 5.91 Å². The number of nitrogens with one attached hydrogen (secondary N) is 1. The zero-order chi connectivity index (χ0) is 23.0. The Morgan fingerprint density at radius 3 is 2.45 bits per heavy atom. The van der Waals surface area contributed by atoms with Crippen LogP contribution < -0.4 is 15.0 Å². The topological polar surface area (TPSA) is 44.8 Å². The zero-order valence-electron chi connectivity index (χ0n) is 19.0. The van der Waals surface area contributed by atoms with E-state index in [2.05, 4.69) is 15.1 Å². The first-order valence-corrected chi connectivity index (χ1v) is 11.5. The molecule has 6 heteroatoms. The van der Waals surface area contributed by atoms with Gasteiger partial charge in [-0.2, -0.15) is 0 Å². The molecule has 1 aliphatic rings. The molecule has 1 aliphatic heterocycles. The lowest BCUT2D eigenvalue weighted by Gasteiger charge is -2.36. The molecule has 0 aliphatic carbocycles. The van der Waals surface area contributed by atoms with Crippen molar-refractivity contribution in [2.24, 2.45) is 0 Å². The van der Waals surface area contributed by atoms with E-state index < -0.39 is 0 Å². The van der Waals surface area contributed by atoms with Crippen LogP contribution in [-0.2, 0) is 6.54 Å². The van der Waals surface area contributed by atoms with Crippen molar-refractivity contribution in [2.45, 2.75) is 19.9 Å². The Labute approximate surface area is 194 Å². The Kier molecular flexibility index (Phi) is 7.58. The highest BCUT2D eigenvalue weighted by molar-refractivity contribution is 6.04. The fourth-order valence-electron chi connectivity index (χ4n) is 3.94. The molecule has 0 spiro atoms. The molecule has 1 N–H and O–H groups in total. The predicted molar refractivity (Wildman–Crippen MR) is 131 cm³/mol. The van der Waals surface area contributed by atoms with Crippen LogP contribution in [0.2, 0.25) is 0 Å². The first kappa shape index (κ1) is 22.8. The molecule has 4 rings (SSSR count). The van der Waals surface area contributed by atoms with Gasteiger partial charge in [0, 0.05) is 55.2 Å². The summed E-state index contributed by atoms with van der Waals surface area (Å²) >= 11 is 0. The molecule has 33 heavy (non-hydrogen) atoms. The van der Waals surface area contributed by atoms with Crippen molar-refractivity contribution in [1.29, 1.82) is 0 Å². The van der Waals surface area contributed by atoms with Crippen LogP contribution >= 0.6 is 0 Å². The van der Waals surface area contributed by atoms with Crippen molar-refractivity contribution in [3.05, 3.63) is 89.7 Å². The summed E-state index contributed by atoms with van der Waals surface area (Å²) in [7, 11) is 0. The molecule has 172 valence electrons. The second-order valence-corrected chi connectivity index (χ2v) is 8.23. The maximum atomic E-state index is 13.9. The molecule has 0 saturated carbocycles. The van der Waals surface area contributed by atoms with Gasteiger partial charge in [-0.25, -0.2) is 4.39 Å². The molecule has 0 aromatic heterocycles. The number of halogens is 1. The van der Waals surface area contributed by atoms with Crippen molar-refractivity contribution >= 4 is 17.3 Å². The Hall–Kier alpha value is -3.38. The number of hydrogen-bond acceptors (Lipinski definition) is 4. The van der Waals surface area contributed by atoms with Crippen LogP contribution in [0.3, 0.4) is 0 Å². The average Bonchev–Trinajstić information content (AvgIpc) is 2.85. The van der Waals surface area contributed by atoms with E-state index >= 15 is 0 Å². The number of amides is 1. The van der Waals surface area contributed by atoms with Crippen LogP contribution in [0.5, 0.6) is 5.75 Å². The summed E-state index contributed by atoms with van der Waals surface area (Å²) in [5.41, 5.74) is 3.18. The van der Waals surface area contributed by atoms with Crippen LogP contribution in [-0.4, -0.2) is 43.6 Å². The molecule has 1 amide bonds. The molecule has 1 fully saturated rings. The molecule has 1 heterocycles. The maximum absolute atomic E-state index is 13.9. The number of nitrogens with zero attached hydrogens (tertiary/aromatic N) is 2. The Morgan fingerprint density at radius 2 is 1.73 bits per heavy atom. The number of benzene rings is 3. The number of carbonyl (C=O) groups excluding carboxylic acids is 1. The molecule has 0 radical (unpaired) electrons. The average molecular weight is 448 g/mol. The predicted octanol–water partition coefficient (Wildman–Crippen LogP) is 5.19. The Bertz CT molecular complexity index is 1060. The van der Waals surface area contributed by atoms with E-state index in [-0.39, 0.29) is 11.7 Å². The third-order valence-electron chi connectivity index (χ3n) is 5.78. The molecule has 5 nitrogen and oxygen atoms in total. The summed E-state index contributed by atoms with van der Waals surface area (Å²) in [5, 5.41) is 2.95. The van der Waals surface area contributed by atoms with Crippen LogP contribution in [0, 0.1) is 5.82 Å². The highest BCUT2D eigenvalue weighted by atomic mass is 19.1. The highest BCUT2D eigenvalue weighted by Gasteiger charge is 2.18. The van der Waals surface area contributed by atoms with Gasteiger partial charge in [0.1, 0.15) is 11.6 Å². The van der Waals surface area contributed by atoms with Crippen LogP contribution in [0.4, 0.5) is 15.8 Å². The quantitative estimate of drug-likeness (QED) is 0.516. The lowest BCUT2D eigenvalue weighted by Crippen LogP contribution is -2.46. The minimum atomic E-state index is -0.161. The SMILES string of the molecule is CCCOc1cccc(C(=O)Nc2ccc(N3CCN(Cc4ccccc4F)CC3)cc2)c1. The summed E-state index contributed by atoms with van der Waals surface area (Å²) in [5.74, 6) is 0.401. The van der Waals surface area contributed by atoms with E-state index in [9.17, 15) is 9.18 Å². The summed E-state index contributed by atoms with van der Waals surface area (Å²) in [6, 6.07) is 22.1. The number of piperazine rings is 1. The summed E-state index contributed by atoms with van der Waals surface area (Å²) in [6.07, 6.45) is 0.920. The fourth-order valence-corrected chi connectivity index (χ4v) is 3.94. The van der Waals surface area contributed by atoms with E-state index in [4.69, 9.17) is 4.74 Å². The number of carbonyl (C=O) groups is 1. The molecule has 3 aromatic rings. The Balaban J connectivity index is 1.30. The van der Waals surface area contributed by atoms with Gasteiger partial charge < -0.3 is 15.0 Å². The monoisotopic (exact) mass is 447 g/mol. The minimum Gasteiger partial charge on any atom is -0.494 e. The first-order chi connectivity index (χ1) is 16.1. The highest BCUT2D eigenvalue weighted by Crippen LogP contribution is 2.22. The molecular weight excluding hydrogens is 417 g/mol. The third kappa shape index (κ3) is 6.11. The fraction of sp³-hybridized carbons (Fsp3) is 0.296. The van der Waals surface area contributed by atoms with E-state index in [1.807, 2.05) is 55.5 Å². The van der Waals surface area contributed by atoms with Gasteiger partial charge in [0.15, 0.2) is 0 Å². The summed E-state index contributed by atoms with van der Waals surface area (Å²) < 4.78 is 19.5. The standard InChI is InChI=1S/C27H30FN3O2/c1-2-18-33-25-8-5-7-21(19-25)27(32)29-23-10-12-24(13-11-23)31-16-14-30(15-17-31)20-22-6-3-4-9-26(22)28/h3-13,19H,2,14-18,20H2,1H3,(H,29,32). The van der Waals surface area contributed by atoms with Crippen molar-refractivity contribution < 1.29 is 13.9 Å². The van der Waals surface area contributed by atoms with Gasteiger partial charge in [0.05, 0.1) is 6.61 Å². The first-order valence-electron chi connectivity index (χ1n) is 11.5. The number of hydrogen-bond donors (Lipinski definition) is 1. The van der Waals surface area contributed by atoms with Crippen molar-refractivity contribution in [1.82, 2.24) is 4.90 Å². The van der Waals surface area contributed by atoms with Gasteiger partial charge >= 0.3 is 0 Å². The smallest absolute Gasteiger partial charge is 0.255 e. The van der Waals surface area contributed by atoms with Crippen molar-refractivity contribution in [2.75, 3.05) is 43.0 Å².